The highest BCUT2D eigenvalue weighted by Crippen LogP contribution is 2.24. The monoisotopic (exact) mass is 482 g/mol. The molecule has 4 aromatic carbocycles. The van der Waals surface area contributed by atoms with Gasteiger partial charge in [0.2, 0.25) is 5.91 Å². The lowest BCUT2D eigenvalue weighted by Crippen LogP contribution is -2.33. The standard InChI is InChI=1S/C31H34N2O3/c1-23(29-10-6-8-26-7-4-5-9-30(26)29)32-20-19-31(34)33(21-24-11-15-27(35-2)16-12-24)22-25-13-17-28(36-3)18-14-25/h4-18,23,32H,19-22H2,1-3H3. The molecule has 0 bridgehead atoms. The van der Waals surface area contributed by atoms with Crippen molar-refractivity contribution in [1.29, 1.82) is 0 Å². The minimum atomic E-state index is 0.110. The molecule has 5 heteroatoms. The molecule has 0 saturated heterocycles. The average molecular weight is 483 g/mol. The van der Waals surface area contributed by atoms with Crippen LogP contribution >= 0.6 is 0 Å². The Hall–Kier alpha value is -3.83. The van der Waals surface area contributed by atoms with Crippen LogP contribution in [0.2, 0.25) is 0 Å². The normalized spacial score (nSPS) is 11.8. The summed E-state index contributed by atoms with van der Waals surface area (Å²) in [6.45, 7) is 3.82. The van der Waals surface area contributed by atoms with E-state index in [1.807, 2.05) is 53.4 Å². The fourth-order valence-corrected chi connectivity index (χ4v) is 4.43. The van der Waals surface area contributed by atoms with E-state index >= 15 is 0 Å². The maximum absolute atomic E-state index is 13.4. The molecule has 1 unspecified atom stereocenters. The summed E-state index contributed by atoms with van der Waals surface area (Å²) >= 11 is 0. The van der Waals surface area contributed by atoms with Gasteiger partial charge in [0.05, 0.1) is 14.2 Å². The van der Waals surface area contributed by atoms with Crippen molar-refractivity contribution in [3.63, 3.8) is 0 Å². The molecule has 186 valence electrons. The Balaban J connectivity index is 1.42. The smallest absolute Gasteiger partial charge is 0.224 e. The number of rotatable bonds is 11. The number of nitrogens with one attached hydrogen (secondary N) is 1. The third-order valence-corrected chi connectivity index (χ3v) is 6.50. The van der Waals surface area contributed by atoms with Gasteiger partial charge in [-0.2, -0.15) is 0 Å². The van der Waals surface area contributed by atoms with Gasteiger partial charge in [-0.05, 0) is 58.7 Å². The van der Waals surface area contributed by atoms with E-state index in [1.165, 1.54) is 16.3 Å². The SMILES string of the molecule is COc1ccc(CN(Cc2ccc(OC)cc2)C(=O)CCNC(C)c2cccc3ccccc23)cc1. The predicted molar refractivity (Wildman–Crippen MR) is 145 cm³/mol. The first-order chi connectivity index (χ1) is 17.6. The molecule has 4 rings (SSSR count). The molecule has 5 nitrogen and oxygen atoms in total. The molecule has 4 aromatic rings. The van der Waals surface area contributed by atoms with E-state index in [4.69, 9.17) is 9.47 Å². The Bertz CT molecular complexity index is 1210. The topological polar surface area (TPSA) is 50.8 Å². The van der Waals surface area contributed by atoms with Gasteiger partial charge >= 0.3 is 0 Å². The summed E-state index contributed by atoms with van der Waals surface area (Å²) in [4.78, 5) is 15.3. The summed E-state index contributed by atoms with van der Waals surface area (Å²) in [5.74, 6) is 1.72. The lowest BCUT2D eigenvalue weighted by atomic mass is 9.99. The predicted octanol–water partition coefficient (Wildman–Crippen LogP) is 6.13. The summed E-state index contributed by atoms with van der Waals surface area (Å²) < 4.78 is 10.6. The number of hydrogen-bond donors (Lipinski definition) is 1. The van der Waals surface area contributed by atoms with Gasteiger partial charge in [0, 0.05) is 32.1 Å². The molecule has 1 atom stereocenters. The zero-order valence-corrected chi connectivity index (χ0v) is 21.2. The Labute approximate surface area is 213 Å². The summed E-state index contributed by atoms with van der Waals surface area (Å²) in [6, 6.07) is 30.7. The zero-order chi connectivity index (χ0) is 25.3. The van der Waals surface area contributed by atoms with E-state index < -0.39 is 0 Å². The van der Waals surface area contributed by atoms with Crippen molar-refractivity contribution in [2.24, 2.45) is 0 Å². The highest BCUT2D eigenvalue weighted by atomic mass is 16.5. The third kappa shape index (κ3) is 6.43. The maximum Gasteiger partial charge on any atom is 0.224 e. The van der Waals surface area contributed by atoms with E-state index in [0.717, 1.165) is 22.6 Å². The number of amides is 1. The van der Waals surface area contributed by atoms with Crippen molar-refractivity contribution in [3.05, 3.63) is 108 Å². The molecule has 0 radical (unpaired) electrons. The van der Waals surface area contributed by atoms with Crippen LogP contribution in [0.15, 0.2) is 91.0 Å². The van der Waals surface area contributed by atoms with Crippen LogP contribution in [0.4, 0.5) is 0 Å². The number of benzene rings is 4. The van der Waals surface area contributed by atoms with Crippen molar-refractivity contribution in [3.8, 4) is 11.5 Å². The molecule has 0 aromatic heterocycles. The van der Waals surface area contributed by atoms with Crippen LogP contribution in [0.5, 0.6) is 11.5 Å². The molecule has 0 spiro atoms. The van der Waals surface area contributed by atoms with Crippen LogP contribution in [0.25, 0.3) is 10.8 Å². The Morgan fingerprint density at radius 2 is 1.33 bits per heavy atom. The highest BCUT2D eigenvalue weighted by molar-refractivity contribution is 5.86. The van der Waals surface area contributed by atoms with Gasteiger partial charge in [-0.1, -0.05) is 66.7 Å². The average Bonchev–Trinajstić information content (AvgIpc) is 2.93. The molecule has 0 aliphatic heterocycles. The van der Waals surface area contributed by atoms with Crippen molar-refractivity contribution in [2.75, 3.05) is 20.8 Å². The summed E-state index contributed by atoms with van der Waals surface area (Å²) in [7, 11) is 3.31. The number of ether oxygens (including phenoxy) is 2. The second kappa shape index (κ2) is 12.2. The highest BCUT2D eigenvalue weighted by Gasteiger charge is 2.16. The van der Waals surface area contributed by atoms with Crippen LogP contribution in [-0.2, 0) is 17.9 Å². The first-order valence-electron chi connectivity index (χ1n) is 12.3. The fraction of sp³-hybridized carbons (Fsp3) is 0.258. The Morgan fingerprint density at radius 1 is 0.778 bits per heavy atom. The fourth-order valence-electron chi connectivity index (χ4n) is 4.43. The summed E-state index contributed by atoms with van der Waals surface area (Å²) in [5, 5.41) is 6.02. The third-order valence-electron chi connectivity index (χ3n) is 6.50. The Morgan fingerprint density at radius 3 is 1.92 bits per heavy atom. The van der Waals surface area contributed by atoms with Gasteiger partial charge in [0.25, 0.3) is 0 Å². The van der Waals surface area contributed by atoms with E-state index in [2.05, 4.69) is 54.7 Å². The van der Waals surface area contributed by atoms with Gasteiger partial charge < -0.3 is 19.7 Å². The molecule has 0 aliphatic rings. The Kier molecular flexibility index (Phi) is 8.58. The van der Waals surface area contributed by atoms with Crippen LogP contribution in [0.3, 0.4) is 0 Å². The number of carbonyl (C=O) groups excluding carboxylic acids is 1. The minimum Gasteiger partial charge on any atom is -0.497 e. The van der Waals surface area contributed by atoms with E-state index in [-0.39, 0.29) is 11.9 Å². The van der Waals surface area contributed by atoms with E-state index in [1.54, 1.807) is 14.2 Å². The number of methoxy groups -OCH3 is 2. The van der Waals surface area contributed by atoms with Gasteiger partial charge in [-0.15, -0.1) is 0 Å². The number of carbonyl (C=O) groups is 1. The maximum atomic E-state index is 13.4. The molecule has 36 heavy (non-hydrogen) atoms. The zero-order valence-electron chi connectivity index (χ0n) is 21.2. The first-order valence-corrected chi connectivity index (χ1v) is 12.3. The van der Waals surface area contributed by atoms with Crippen LogP contribution in [0.1, 0.15) is 36.1 Å². The van der Waals surface area contributed by atoms with E-state index in [9.17, 15) is 4.79 Å². The van der Waals surface area contributed by atoms with Gasteiger partial charge in [0.1, 0.15) is 11.5 Å². The number of fused-ring (bicyclic) bond motifs is 1. The minimum absolute atomic E-state index is 0.110. The van der Waals surface area contributed by atoms with Crippen LogP contribution in [-0.4, -0.2) is 31.6 Å². The molecule has 1 amide bonds. The number of nitrogens with zero attached hydrogens (tertiary/aromatic N) is 1. The molecular weight excluding hydrogens is 448 g/mol. The van der Waals surface area contributed by atoms with E-state index in [0.29, 0.717) is 26.1 Å². The molecule has 0 heterocycles. The second-order valence-electron chi connectivity index (χ2n) is 8.94. The quantitative estimate of drug-likeness (QED) is 0.280. The van der Waals surface area contributed by atoms with Gasteiger partial charge in [-0.25, -0.2) is 0 Å². The molecular formula is C31H34N2O3. The molecule has 1 N–H and O–H groups in total. The van der Waals surface area contributed by atoms with Crippen LogP contribution in [0, 0.1) is 0 Å². The van der Waals surface area contributed by atoms with Crippen molar-refractivity contribution in [2.45, 2.75) is 32.5 Å². The first kappa shape index (κ1) is 25.3. The van der Waals surface area contributed by atoms with Crippen molar-refractivity contribution in [1.82, 2.24) is 10.2 Å². The largest absolute Gasteiger partial charge is 0.497 e. The molecule has 0 aliphatic carbocycles. The van der Waals surface area contributed by atoms with Gasteiger partial charge in [0.15, 0.2) is 0 Å². The molecule has 0 saturated carbocycles. The van der Waals surface area contributed by atoms with Gasteiger partial charge in [-0.3, -0.25) is 4.79 Å². The number of hydrogen-bond acceptors (Lipinski definition) is 4. The lowest BCUT2D eigenvalue weighted by Gasteiger charge is -2.24. The summed E-state index contributed by atoms with van der Waals surface area (Å²) in [5.41, 5.74) is 3.37. The summed E-state index contributed by atoms with van der Waals surface area (Å²) in [6.07, 6.45) is 0.418. The van der Waals surface area contributed by atoms with Crippen molar-refractivity contribution < 1.29 is 14.3 Å². The van der Waals surface area contributed by atoms with Crippen LogP contribution < -0.4 is 14.8 Å². The second-order valence-corrected chi connectivity index (χ2v) is 8.94. The van der Waals surface area contributed by atoms with Crippen molar-refractivity contribution >= 4 is 16.7 Å². The molecule has 0 fully saturated rings. The lowest BCUT2D eigenvalue weighted by molar-refractivity contribution is -0.132.